The van der Waals surface area contributed by atoms with Crippen molar-refractivity contribution in [2.24, 2.45) is 5.41 Å². The zero-order chi connectivity index (χ0) is 19.1. The number of hydrogen-bond acceptors (Lipinski definition) is 5. The SMILES string of the molecule is C[C@@H](Nc1nnc(-c2ccc3ccccc3c2)o1)C(=O)N1CCC2(CC1)CC2. The number of benzene rings is 2. The van der Waals surface area contributed by atoms with Gasteiger partial charge in [0.15, 0.2) is 0 Å². The molecular formula is C22H24N4O2. The van der Waals surface area contributed by atoms with Crippen LogP contribution in [0.4, 0.5) is 6.01 Å². The van der Waals surface area contributed by atoms with Gasteiger partial charge in [-0.25, -0.2) is 0 Å². The average Bonchev–Trinajstić information content (AvgIpc) is 3.31. The molecule has 1 aliphatic carbocycles. The molecule has 144 valence electrons. The molecule has 1 aliphatic heterocycles. The molecule has 2 aromatic carbocycles. The Bertz CT molecular complexity index is 1010. The minimum absolute atomic E-state index is 0.0981. The van der Waals surface area contributed by atoms with E-state index in [1.807, 2.05) is 42.2 Å². The number of aromatic nitrogens is 2. The molecule has 2 fully saturated rings. The van der Waals surface area contributed by atoms with Crippen LogP contribution in [0.3, 0.4) is 0 Å². The number of hydrogen-bond donors (Lipinski definition) is 1. The maximum atomic E-state index is 12.7. The highest BCUT2D eigenvalue weighted by atomic mass is 16.4. The number of rotatable bonds is 4. The van der Waals surface area contributed by atoms with E-state index in [0.717, 1.165) is 42.3 Å². The van der Waals surface area contributed by atoms with Gasteiger partial charge in [-0.15, -0.1) is 5.10 Å². The van der Waals surface area contributed by atoms with E-state index in [4.69, 9.17) is 4.42 Å². The highest BCUT2D eigenvalue weighted by molar-refractivity contribution is 5.86. The number of carbonyl (C=O) groups excluding carboxylic acids is 1. The number of amides is 1. The van der Waals surface area contributed by atoms with Crippen molar-refractivity contribution >= 4 is 22.7 Å². The highest BCUT2D eigenvalue weighted by Gasteiger charge is 2.45. The fourth-order valence-electron chi connectivity index (χ4n) is 4.12. The van der Waals surface area contributed by atoms with Crippen molar-refractivity contribution in [3.8, 4) is 11.5 Å². The summed E-state index contributed by atoms with van der Waals surface area (Å²) in [4.78, 5) is 14.7. The van der Waals surface area contributed by atoms with Crippen LogP contribution in [0.1, 0.15) is 32.6 Å². The number of piperidine rings is 1. The first-order chi connectivity index (χ1) is 13.6. The number of carbonyl (C=O) groups is 1. The summed E-state index contributed by atoms with van der Waals surface area (Å²) >= 11 is 0. The number of fused-ring (bicyclic) bond motifs is 1. The maximum Gasteiger partial charge on any atom is 0.316 e. The van der Waals surface area contributed by atoms with Crippen molar-refractivity contribution in [1.29, 1.82) is 0 Å². The largest absolute Gasteiger partial charge is 0.403 e. The highest BCUT2D eigenvalue weighted by Crippen LogP contribution is 2.53. The molecule has 6 nitrogen and oxygen atoms in total. The molecule has 0 unspecified atom stereocenters. The van der Waals surface area contributed by atoms with Crippen LogP contribution in [-0.4, -0.2) is 40.1 Å². The molecule has 0 bridgehead atoms. The maximum absolute atomic E-state index is 12.7. The summed E-state index contributed by atoms with van der Waals surface area (Å²) < 4.78 is 5.77. The molecule has 28 heavy (non-hydrogen) atoms. The van der Waals surface area contributed by atoms with Crippen molar-refractivity contribution in [1.82, 2.24) is 15.1 Å². The van der Waals surface area contributed by atoms with E-state index < -0.39 is 6.04 Å². The molecule has 1 N–H and O–H groups in total. The Morgan fingerprint density at radius 1 is 1.07 bits per heavy atom. The summed E-state index contributed by atoms with van der Waals surface area (Å²) in [5, 5.41) is 13.6. The Labute approximate surface area is 163 Å². The first-order valence-corrected chi connectivity index (χ1v) is 10.00. The fraction of sp³-hybridized carbons (Fsp3) is 0.409. The van der Waals surface area contributed by atoms with E-state index in [1.54, 1.807) is 0 Å². The first kappa shape index (κ1) is 17.2. The molecule has 6 heteroatoms. The Hall–Kier alpha value is -2.89. The molecule has 2 heterocycles. The second-order valence-electron chi connectivity index (χ2n) is 8.17. The van der Waals surface area contributed by atoms with Gasteiger partial charge in [-0.05, 0) is 60.9 Å². The van der Waals surface area contributed by atoms with Gasteiger partial charge in [0.1, 0.15) is 6.04 Å². The van der Waals surface area contributed by atoms with Gasteiger partial charge in [0.25, 0.3) is 0 Å². The van der Waals surface area contributed by atoms with Gasteiger partial charge >= 0.3 is 6.01 Å². The molecule has 1 aromatic heterocycles. The normalized spacial score (nSPS) is 19.0. The van der Waals surface area contributed by atoms with E-state index in [9.17, 15) is 4.79 Å². The van der Waals surface area contributed by atoms with Crippen LogP contribution in [0.25, 0.3) is 22.2 Å². The van der Waals surface area contributed by atoms with Crippen molar-refractivity contribution in [2.45, 2.75) is 38.6 Å². The zero-order valence-electron chi connectivity index (χ0n) is 16.0. The summed E-state index contributed by atoms with van der Waals surface area (Å²) in [7, 11) is 0. The molecule has 1 saturated heterocycles. The molecule has 1 amide bonds. The van der Waals surface area contributed by atoms with Crippen LogP contribution in [0, 0.1) is 5.41 Å². The lowest BCUT2D eigenvalue weighted by Crippen LogP contribution is -2.45. The van der Waals surface area contributed by atoms with Crippen molar-refractivity contribution < 1.29 is 9.21 Å². The number of anilines is 1. The number of nitrogens with zero attached hydrogens (tertiary/aromatic N) is 3. The van der Waals surface area contributed by atoms with Crippen LogP contribution in [0.15, 0.2) is 46.9 Å². The van der Waals surface area contributed by atoms with E-state index in [-0.39, 0.29) is 11.9 Å². The van der Waals surface area contributed by atoms with Gasteiger partial charge in [0, 0.05) is 18.7 Å². The quantitative estimate of drug-likeness (QED) is 0.742. The Balaban J connectivity index is 1.25. The van der Waals surface area contributed by atoms with Gasteiger partial charge in [-0.1, -0.05) is 35.4 Å². The van der Waals surface area contributed by atoms with E-state index >= 15 is 0 Å². The van der Waals surface area contributed by atoms with Crippen molar-refractivity contribution in [2.75, 3.05) is 18.4 Å². The third-order valence-electron chi connectivity index (χ3n) is 6.22. The van der Waals surface area contributed by atoms with E-state index in [0.29, 0.717) is 11.3 Å². The lowest BCUT2D eigenvalue weighted by atomic mass is 9.93. The fourth-order valence-corrected chi connectivity index (χ4v) is 4.12. The van der Waals surface area contributed by atoms with Gasteiger partial charge < -0.3 is 14.6 Å². The summed E-state index contributed by atoms with van der Waals surface area (Å²) in [6, 6.07) is 14.1. The Kier molecular flexibility index (Phi) is 4.07. The summed E-state index contributed by atoms with van der Waals surface area (Å²) in [6.45, 7) is 3.57. The minimum atomic E-state index is -0.391. The molecule has 1 spiro atoms. The molecule has 3 aromatic rings. The van der Waals surface area contributed by atoms with Crippen molar-refractivity contribution in [3.05, 3.63) is 42.5 Å². The minimum Gasteiger partial charge on any atom is -0.403 e. The molecule has 1 saturated carbocycles. The topological polar surface area (TPSA) is 71.3 Å². The molecule has 0 radical (unpaired) electrons. The van der Waals surface area contributed by atoms with Gasteiger partial charge in [-0.3, -0.25) is 4.79 Å². The summed E-state index contributed by atoms with van der Waals surface area (Å²) in [5.74, 6) is 0.544. The Morgan fingerprint density at radius 2 is 1.82 bits per heavy atom. The lowest BCUT2D eigenvalue weighted by Gasteiger charge is -2.33. The third-order valence-corrected chi connectivity index (χ3v) is 6.22. The van der Waals surface area contributed by atoms with Crippen LogP contribution in [0.2, 0.25) is 0 Å². The average molecular weight is 376 g/mol. The molecule has 5 rings (SSSR count). The second-order valence-corrected chi connectivity index (χ2v) is 8.17. The van der Waals surface area contributed by atoms with Gasteiger partial charge in [0.2, 0.25) is 11.8 Å². The number of nitrogens with one attached hydrogen (secondary N) is 1. The Morgan fingerprint density at radius 3 is 2.57 bits per heavy atom. The standard InChI is InChI=1S/C22H24N4O2/c1-15(20(27)26-12-10-22(8-9-22)11-13-26)23-21-25-24-19(28-21)18-7-6-16-4-2-3-5-17(16)14-18/h2-7,14-15H,8-13H2,1H3,(H,23,25)/t15-/m1/s1. The third kappa shape index (κ3) is 3.23. The smallest absolute Gasteiger partial charge is 0.316 e. The zero-order valence-corrected chi connectivity index (χ0v) is 16.0. The molecule has 2 aliphatic rings. The first-order valence-electron chi connectivity index (χ1n) is 10.00. The predicted molar refractivity (Wildman–Crippen MR) is 108 cm³/mol. The second kappa shape index (κ2) is 6.62. The van der Waals surface area contributed by atoms with Crippen LogP contribution < -0.4 is 5.32 Å². The van der Waals surface area contributed by atoms with Crippen LogP contribution >= 0.6 is 0 Å². The lowest BCUT2D eigenvalue weighted by molar-refractivity contribution is -0.133. The monoisotopic (exact) mass is 376 g/mol. The van der Waals surface area contributed by atoms with Gasteiger partial charge in [-0.2, -0.15) is 0 Å². The molecular weight excluding hydrogens is 352 g/mol. The van der Waals surface area contributed by atoms with Crippen LogP contribution in [0.5, 0.6) is 0 Å². The van der Waals surface area contributed by atoms with Crippen molar-refractivity contribution in [3.63, 3.8) is 0 Å². The summed E-state index contributed by atoms with van der Waals surface area (Å²) in [6.07, 6.45) is 4.95. The van der Waals surface area contributed by atoms with Crippen LogP contribution in [-0.2, 0) is 4.79 Å². The van der Waals surface area contributed by atoms with E-state index in [2.05, 4.69) is 27.6 Å². The van der Waals surface area contributed by atoms with E-state index in [1.165, 1.54) is 12.8 Å². The number of likely N-dealkylation sites (tertiary alicyclic amines) is 1. The predicted octanol–water partition coefficient (Wildman–Crippen LogP) is 4.09. The molecule has 1 atom stereocenters. The van der Waals surface area contributed by atoms with Gasteiger partial charge in [0.05, 0.1) is 0 Å². The summed E-state index contributed by atoms with van der Waals surface area (Å²) in [5.41, 5.74) is 1.43.